The van der Waals surface area contributed by atoms with Gasteiger partial charge in [-0.05, 0) is 75.0 Å². The Morgan fingerprint density at radius 2 is 1.12 bits per heavy atom. The number of benzene rings is 7. The minimum atomic E-state index is 0.727. The lowest BCUT2D eigenvalue weighted by molar-refractivity contribution is 1.19. The Bertz CT molecular complexity index is 2720. The molecule has 0 bridgehead atoms. The number of aromatic nitrogens is 2. The van der Waals surface area contributed by atoms with Gasteiger partial charge in [-0.2, -0.15) is 0 Å². The van der Waals surface area contributed by atoms with E-state index in [2.05, 4.69) is 159 Å². The summed E-state index contributed by atoms with van der Waals surface area (Å²) in [5, 5.41) is 7.38. The smallest absolute Gasteiger partial charge is 0.161 e. The van der Waals surface area contributed by atoms with Crippen LogP contribution in [0.25, 0.3) is 98.9 Å². The molecule has 0 saturated carbocycles. The average Bonchev–Trinajstić information content (AvgIpc) is 3.58. The van der Waals surface area contributed by atoms with Crippen molar-refractivity contribution in [2.24, 2.45) is 0 Å². The first-order valence-corrected chi connectivity index (χ1v) is 17.7. The fraction of sp³-hybridized carbons (Fsp3) is 0.0213. The third-order valence-corrected chi connectivity index (χ3v) is 10.8. The van der Waals surface area contributed by atoms with Crippen molar-refractivity contribution in [3.8, 4) is 45.0 Å². The summed E-state index contributed by atoms with van der Waals surface area (Å²) in [5.74, 6) is 0.727. The molecule has 7 aromatic carbocycles. The number of thiophene rings is 1. The van der Waals surface area contributed by atoms with Crippen molar-refractivity contribution in [3.05, 3.63) is 169 Å². The van der Waals surface area contributed by atoms with Gasteiger partial charge >= 0.3 is 0 Å². The topological polar surface area (TPSA) is 25.8 Å². The van der Waals surface area contributed by atoms with E-state index in [4.69, 9.17) is 9.97 Å². The molecule has 0 saturated heterocycles. The quantitative estimate of drug-likeness (QED) is 0.166. The van der Waals surface area contributed by atoms with Crippen LogP contribution in [-0.4, -0.2) is 9.97 Å². The van der Waals surface area contributed by atoms with E-state index in [0.29, 0.717) is 0 Å². The van der Waals surface area contributed by atoms with E-state index in [1.165, 1.54) is 58.4 Å². The van der Waals surface area contributed by atoms with Crippen molar-refractivity contribution in [3.63, 3.8) is 0 Å². The molecule has 0 N–H and O–H groups in total. The van der Waals surface area contributed by atoms with Crippen molar-refractivity contribution in [2.45, 2.75) is 6.92 Å². The standard InChI is InChI=1S/C47H32N2S/c1-3-15-35-33(4-2)38-25-24-32(28-41(38)37-21-12-11-20-36(35)37)34-26-27-40(46-45(34)39-22-13-14-23-44(39)50-46)47-48-42(30-16-7-5-8-17-30)29-43(49-47)31-18-9-6-10-19-31/h3-29H,2H2,1H3/b15-3-. The number of hydrogen-bond acceptors (Lipinski definition) is 3. The summed E-state index contributed by atoms with van der Waals surface area (Å²) in [6.45, 7) is 6.29. The lowest BCUT2D eigenvalue weighted by atomic mass is 9.88. The van der Waals surface area contributed by atoms with Crippen LogP contribution in [0.5, 0.6) is 0 Å². The van der Waals surface area contributed by atoms with Crippen LogP contribution in [0.2, 0.25) is 0 Å². The first-order valence-electron chi connectivity index (χ1n) is 16.9. The molecule has 0 aliphatic heterocycles. The van der Waals surface area contributed by atoms with E-state index in [9.17, 15) is 0 Å². The SMILES string of the molecule is C=Cc1c(/C=C\C)c2ccccc2c2cc(-c3ccc(-c4nc(-c5ccccc5)cc(-c5ccccc5)n4)c4sc5ccccc5c34)ccc12. The Morgan fingerprint density at radius 1 is 0.520 bits per heavy atom. The van der Waals surface area contributed by atoms with E-state index in [1.54, 1.807) is 0 Å². The van der Waals surface area contributed by atoms with Gasteiger partial charge in [0.15, 0.2) is 5.82 Å². The third-order valence-electron chi connectivity index (χ3n) is 9.59. The molecule has 0 fully saturated rings. The molecule has 0 aliphatic rings. The maximum absolute atomic E-state index is 5.22. The van der Waals surface area contributed by atoms with Gasteiger partial charge in [0.2, 0.25) is 0 Å². The molecular formula is C47H32N2S. The molecule has 9 aromatic rings. The Labute approximate surface area is 295 Å². The molecule has 0 atom stereocenters. The third kappa shape index (κ3) is 4.94. The summed E-state index contributed by atoms with van der Waals surface area (Å²) in [7, 11) is 0. The van der Waals surface area contributed by atoms with Gasteiger partial charge in [-0.1, -0.05) is 146 Å². The van der Waals surface area contributed by atoms with Gasteiger partial charge < -0.3 is 0 Å². The predicted molar refractivity (Wildman–Crippen MR) is 216 cm³/mol. The van der Waals surface area contributed by atoms with Crippen LogP contribution in [0.15, 0.2) is 158 Å². The number of hydrogen-bond donors (Lipinski definition) is 0. The summed E-state index contributed by atoms with van der Waals surface area (Å²) >= 11 is 1.81. The van der Waals surface area contributed by atoms with E-state index >= 15 is 0 Å². The van der Waals surface area contributed by atoms with Gasteiger partial charge in [0.25, 0.3) is 0 Å². The van der Waals surface area contributed by atoms with Gasteiger partial charge in [0.1, 0.15) is 0 Å². The summed E-state index contributed by atoms with van der Waals surface area (Å²) < 4.78 is 2.43. The normalized spacial score (nSPS) is 11.7. The summed E-state index contributed by atoms with van der Waals surface area (Å²) in [6, 6.07) is 51.7. The zero-order chi connectivity index (χ0) is 33.6. The van der Waals surface area contributed by atoms with Gasteiger partial charge in [-0.15, -0.1) is 11.3 Å². The van der Waals surface area contributed by atoms with Gasteiger partial charge in [0, 0.05) is 36.9 Å². The minimum absolute atomic E-state index is 0.727. The predicted octanol–water partition coefficient (Wildman–Crippen LogP) is 13.5. The Balaban J connectivity index is 1.31. The maximum Gasteiger partial charge on any atom is 0.161 e. The number of allylic oxidation sites excluding steroid dienone is 1. The van der Waals surface area contributed by atoms with E-state index in [1.807, 2.05) is 29.5 Å². The average molecular weight is 657 g/mol. The highest BCUT2D eigenvalue weighted by Crippen LogP contribution is 2.46. The summed E-state index contributed by atoms with van der Waals surface area (Å²) in [4.78, 5) is 10.4. The van der Waals surface area contributed by atoms with Crippen LogP contribution in [0.1, 0.15) is 18.1 Å². The molecule has 0 unspecified atom stereocenters. The van der Waals surface area contributed by atoms with Crippen LogP contribution in [-0.2, 0) is 0 Å². The Morgan fingerprint density at radius 3 is 1.80 bits per heavy atom. The summed E-state index contributed by atoms with van der Waals surface area (Å²) in [6.07, 6.45) is 6.30. The molecule has 0 radical (unpaired) electrons. The van der Waals surface area contributed by atoms with Gasteiger partial charge in [0.05, 0.1) is 11.4 Å². The zero-order valence-electron chi connectivity index (χ0n) is 27.6. The molecule has 50 heavy (non-hydrogen) atoms. The fourth-order valence-corrected chi connectivity index (χ4v) is 8.54. The van der Waals surface area contributed by atoms with Crippen molar-refractivity contribution in [2.75, 3.05) is 0 Å². The van der Waals surface area contributed by atoms with E-state index in [-0.39, 0.29) is 0 Å². The van der Waals surface area contributed by atoms with Crippen LogP contribution < -0.4 is 0 Å². The van der Waals surface area contributed by atoms with Crippen molar-refractivity contribution < 1.29 is 0 Å². The molecule has 9 rings (SSSR count). The second-order valence-electron chi connectivity index (χ2n) is 12.5. The number of fused-ring (bicyclic) bond motifs is 6. The molecule has 0 amide bonds. The highest BCUT2D eigenvalue weighted by molar-refractivity contribution is 7.26. The van der Waals surface area contributed by atoms with E-state index < -0.39 is 0 Å². The Kier molecular flexibility index (Phi) is 7.41. The zero-order valence-corrected chi connectivity index (χ0v) is 28.4. The van der Waals surface area contributed by atoms with Crippen molar-refractivity contribution in [1.82, 2.24) is 9.97 Å². The molecule has 2 nitrogen and oxygen atoms in total. The lowest BCUT2D eigenvalue weighted by Gasteiger charge is -2.15. The van der Waals surface area contributed by atoms with E-state index in [0.717, 1.165) is 39.5 Å². The lowest BCUT2D eigenvalue weighted by Crippen LogP contribution is -1.96. The first-order chi connectivity index (χ1) is 24.7. The van der Waals surface area contributed by atoms with Crippen LogP contribution in [0, 0.1) is 0 Å². The molecular weight excluding hydrogens is 625 g/mol. The monoisotopic (exact) mass is 656 g/mol. The molecule has 0 spiro atoms. The molecule has 0 aliphatic carbocycles. The van der Waals surface area contributed by atoms with Crippen molar-refractivity contribution in [1.29, 1.82) is 0 Å². The fourth-order valence-electron chi connectivity index (χ4n) is 7.30. The van der Waals surface area contributed by atoms with Crippen LogP contribution in [0.3, 0.4) is 0 Å². The summed E-state index contributed by atoms with van der Waals surface area (Å²) in [5.41, 5.74) is 9.74. The highest BCUT2D eigenvalue weighted by atomic mass is 32.1. The Hall–Kier alpha value is -6.16. The number of rotatable bonds is 6. The van der Waals surface area contributed by atoms with Crippen LogP contribution >= 0.6 is 11.3 Å². The van der Waals surface area contributed by atoms with Crippen LogP contribution in [0.4, 0.5) is 0 Å². The minimum Gasteiger partial charge on any atom is -0.228 e. The number of nitrogens with zero attached hydrogens (tertiary/aromatic N) is 2. The first kappa shape index (κ1) is 29.9. The molecule has 2 heterocycles. The second kappa shape index (κ2) is 12.4. The largest absolute Gasteiger partial charge is 0.228 e. The highest BCUT2D eigenvalue weighted by Gasteiger charge is 2.20. The van der Waals surface area contributed by atoms with Crippen molar-refractivity contribution >= 4 is 65.2 Å². The second-order valence-corrected chi connectivity index (χ2v) is 13.5. The molecule has 236 valence electrons. The van der Waals surface area contributed by atoms with Gasteiger partial charge in [-0.3, -0.25) is 0 Å². The van der Waals surface area contributed by atoms with Gasteiger partial charge in [-0.25, -0.2) is 9.97 Å². The maximum atomic E-state index is 5.22. The molecule has 3 heteroatoms. The molecule has 2 aromatic heterocycles.